The van der Waals surface area contributed by atoms with Crippen LogP contribution < -0.4 is 16.0 Å². The fraction of sp³-hybridized carbons (Fsp3) is 0.417. The van der Waals surface area contributed by atoms with Crippen LogP contribution in [0.25, 0.3) is 6.08 Å². The van der Waals surface area contributed by atoms with Gasteiger partial charge in [0.15, 0.2) is 0 Å². The molecule has 0 saturated carbocycles. The van der Waals surface area contributed by atoms with Crippen LogP contribution in [0.4, 0.5) is 0 Å². The van der Waals surface area contributed by atoms with Crippen LogP contribution in [0.15, 0.2) is 63.9 Å². The molecule has 3 aliphatic heterocycles. The lowest BCUT2D eigenvalue weighted by molar-refractivity contribution is 0.131. The lowest BCUT2D eigenvalue weighted by Gasteiger charge is -2.36. The van der Waals surface area contributed by atoms with Gasteiger partial charge in [-0.05, 0) is 56.8 Å². The Bertz CT molecular complexity index is 953. The molecule has 0 aliphatic carbocycles. The minimum atomic E-state index is -0.0224. The molecule has 0 spiro atoms. The maximum absolute atomic E-state index is 6.01. The van der Waals surface area contributed by atoms with E-state index in [1.165, 1.54) is 5.57 Å². The fourth-order valence-electron chi connectivity index (χ4n) is 3.75. The van der Waals surface area contributed by atoms with Gasteiger partial charge in [0.1, 0.15) is 23.7 Å². The van der Waals surface area contributed by atoms with Gasteiger partial charge < -0.3 is 15.5 Å². The summed E-state index contributed by atoms with van der Waals surface area (Å²) in [6.45, 7) is 8.93. The van der Waals surface area contributed by atoms with Gasteiger partial charge in [-0.3, -0.25) is 15.2 Å². The molecule has 1 fully saturated rings. The molecule has 3 heterocycles. The first-order chi connectivity index (χ1) is 15.5. The zero-order valence-electron chi connectivity index (χ0n) is 19.0. The average molecular weight is 454 g/mol. The topological polar surface area (TPSA) is 67.3 Å². The molecule has 8 heteroatoms. The van der Waals surface area contributed by atoms with E-state index in [9.17, 15) is 0 Å². The highest BCUT2D eigenvalue weighted by atomic mass is 35.5. The van der Waals surface area contributed by atoms with Crippen molar-refractivity contribution in [1.29, 1.82) is 0 Å². The molecular formula is C24H32ClN7. The highest BCUT2D eigenvalue weighted by molar-refractivity contribution is 6.30. The Morgan fingerprint density at radius 1 is 1.12 bits per heavy atom. The van der Waals surface area contributed by atoms with Crippen molar-refractivity contribution in [1.82, 2.24) is 25.8 Å². The summed E-state index contributed by atoms with van der Waals surface area (Å²) in [6.07, 6.45) is 8.29. The third kappa shape index (κ3) is 6.07. The van der Waals surface area contributed by atoms with Gasteiger partial charge in [0.2, 0.25) is 0 Å². The van der Waals surface area contributed by atoms with Crippen molar-refractivity contribution in [2.24, 2.45) is 9.98 Å². The SMILES string of the molecule is CC1=CC(NC2=CC(N3CCN(C)CC3)N=C(/C=C/c3ccc(Cl)cc3)N2)=NCNC1C. The summed E-state index contributed by atoms with van der Waals surface area (Å²) >= 11 is 6.01. The summed E-state index contributed by atoms with van der Waals surface area (Å²) in [5, 5.41) is 11.0. The van der Waals surface area contributed by atoms with Crippen LogP contribution in [0, 0.1) is 0 Å². The van der Waals surface area contributed by atoms with Gasteiger partial charge in [0.25, 0.3) is 0 Å². The second-order valence-electron chi connectivity index (χ2n) is 8.50. The van der Waals surface area contributed by atoms with E-state index < -0.39 is 0 Å². The number of rotatable bonds is 4. The first-order valence-electron chi connectivity index (χ1n) is 11.1. The zero-order chi connectivity index (χ0) is 22.5. The van der Waals surface area contributed by atoms with Gasteiger partial charge in [-0.1, -0.05) is 35.4 Å². The van der Waals surface area contributed by atoms with Crippen molar-refractivity contribution in [2.75, 3.05) is 39.9 Å². The fourth-order valence-corrected chi connectivity index (χ4v) is 3.88. The number of amidine groups is 2. The number of nitrogens with zero attached hydrogens (tertiary/aromatic N) is 4. The zero-order valence-corrected chi connectivity index (χ0v) is 19.7. The van der Waals surface area contributed by atoms with Gasteiger partial charge in [-0.25, -0.2) is 4.99 Å². The molecule has 3 aliphatic rings. The van der Waals surface area contributed by atoms with Crippen molar-refractivity contribution >= 4 is 29.3 Å². The average Bonchev–Trinajstić information content (AvgIpc) is 2.94. The molecule has 0 amide bonds. The summed E-state index contributed by atoms with van der Waals surface area (Å²) in [4.78, 5) is 14.4. The molecule has 0 bridgehead atoms. The Kier molecular flexibility index (Phi) is 7.42. The molecule has 0 aromatic heterocycles. The standard InChI is InChI=1S/C24H32ClN7/c1-17-14-22(27-16-26-18(17)2)29-23-15-24(32-12-10-31(3)11-13-32)30-21(28-23)9-6-19-4-7-20(25)8-5-19/h4-9,14-15,18,24,26H,10-13,16H2,1-3H3,(H,27,29)(H,28,30)/b9-6+. The third-order valence-electron chi connectivity index (χ3n) is 6.02. The molecule has 0 radical (unpaired) electrons. The molecule has 2 unspecified atom stereocenters. The molecule has 4 rings (SSSR count). The van der Waals surface area contributed by atoms with Gasteiger partial charge >= 0.3 is 0 Å². The Morgan fingerprint density at radius 2 is 1.88 bits per heavy atom. The van der Waals surface area contributed by atoms with Crippen molar-refractivity contribution in [3.05, 3.63) is 64.5 Å². The summed E-state index contributed by atoms with van der Waals surface area (Å²) < 4.78 is 0. The maximum atomic E-state index is 6.01. The summed E-state index contributed by atoms with van der Waals surface area (Å²) in [7, 11) is 2.17. The van der Waals surface area contributed by atoms with E-state index in [1.807, 2.05) is 36.4 Å². The van der Waals surface area contributed by atoms with E-state index in [2.05, 4.69) is 63.8 Å². The largest absolute Gasteiger partial charge is 0.327 e. The van der Waals surface area contributed by atoms with Crippen LogP contribution in [0.1, 0.15) is 19.4 Å². The molecule has 3 N–H and O–H groups in total. The number of hydrogen-bond donors (Lipinski definition) is 3. The first kappa shape index (κ1) is 22.7. The van der Waals surface area contributed by atoms with Crippen molar-refractivity contribution < 1.29 is 0 Å². The Labute approximate surface area is 195 Å². The van der Waals surface area contributed by atoms with Crippen LogP contribution in [0.3, 0.4) is 0 Å². The minimum Gasteiger partial charge on any atom is -0.327 e. The monoisotopic (exact) mass is 453 g/mol. The molecule has 2 atom stereocenters. The van der Waals surface area contributed by atoms with Crippen LogP contribution in [0.2, 0.25) is 5.02 Å². The van der Waals surface area contributed by atoms with E-state index in [-0.39, 0.29) is 6.17 Å². The smallest absolute Gasteiger partial charge is 0.128 e. The molecule has 1 aromatic carbocycles. The van der Waals surface area contributed by atoms with Crippen LogP contribution in [0.5, 0.6) is 0 Å². The second-order valence-corrected chi connectivity index (χ2v) is 8.93. The van der Waals surface area contributed by atoms with Crippen LogP contribution >= 0.6 is 11.6 Å². The first-order valence-corrected chi connectivity index (χ1v) is 11.5. The molecular weight excluding hydrogens is 422 g/mol. The Balaban J connectivity index is 1.54. The lowest BCUT2D eigenvalue weighted by Crippen LogP contribution is -2.50. The number of nitrogens with one attached hydrogen (secondary N) is 3. The molecule has 1 aromatic rings. The van der Waals surface area contributed by atoms with Crippen molar-refractivity contribution in [2.45, 2.75) is 26.1 Å². The van der Waals surface area contributed by atoms with E-state index in [4.69, 9.17) is 16.6 Å². The van der Waals surface area contributed by atoms with E-state index in [0.717, 1.165) is 54.3 Å². The number of halogens is 1. The van der Waals surface area contributed by atoms with E-state index >= 15 is 0 Å². The van der Waals surface area contributed by atoms with Crippen LogP contribution in [-0.4, -0.2) is 73.6 Å². The minimum absolute atomic E-state index is 0.0224. The number of aliphatic imine (C=N–C) groups is 2. The number of piperazine rings is 1. The van der Waals surface area contributed by atoms with Gasteiger partial charge in [0, 0.05) is 37.2 Å². The summed E-state index contributed by atoms with van der Waals surface area (Å²) in [5.74, 6) is 2.56. The number of likely N-dealkylation sites (N-methyl/N-ethyl adjacent to an activating group) is 1. The second kappa shape index (κ2) is 10.4. The van der Waals surface area contributed by atoms with Crippen molar-refractivity contribution in [3.8, 4) is 0 Å². The highest BCUT2D eigenvalue weighted by Gasteiger charge is 2.24. The molecule has 32 heavy (non-hydrogen) atoms. The molecule has 7 nitrogen and oxygen atoms in total. The predicted octanol–water partition coefficient (Wildman–Crippen LogP) is 2.65. The predicted molar refractivity (Wildman–Crippen MR) is 134 cm³/mol. The lowest BCUT2D eigenvalue weighted by atomic mass is 10.1. The van der Waals surface area contributed by atoms with Gasteiger partial charge in [-0.2, -0.15) is 0 Å². The Morgan fingerprint density at radius 3 is 2.62 bits per heavy atom. The molecule has 170 valence electrons. The van der Waals surface area contributed by atoms with Gasteiger partial charge in [0.05, 0.1) is 6.67 Å². The highest BCUT2D eigenvalue weighted by Crippen LogP contribution is 2.15. The van der Waals surface area contributed by atoms with Crippen molar-refractivity contribution in [3.63, 3.8) is 0 Å². The maximum Gasteiger partial charge on any atom is 0.128 e. The van der Waals surface area contributed by atoms with Gasteiger partial charge in [-0.15, -0.1) is 0 Å². The van der Waals surface area contributed by atoms with Crippen LogP contribution in [-0.2, 0) is 0 Å². The van der Waals surface area contributed by atoms with E-state index in [1.54, 1.807) is 0 Å². The van der Waals surface area contributed by atoms with E-state index in [0.29, 0.717) is 12.7 Å². The normalized spacial score (nSPS) is 25.4. The quantitative estimate of drug-likeness (QED) is 0.654. The number of benzene rings is 1. The third-order valence-corrected chi connectivity index (χ3v) is 6.27. The molecule has 1 saturated heterocycles. The Hall–Kier alpha value is -2.45. The number of hydrogen-bond acceptors (Lipinski definition) is 7. The summed E-state index contributed by atoms with van der Waals surface area (Å²) in [5.41, 5.74) is 2.32. The summed E-state index contributed by atoms with van der Waals surface area (Å²) in [6, 6.07) is 8.09.